The van der Waals surface area contributed by atoms with Gasteiger partial charge in [0.1, 0.15) is 5.15 Å². The molecule has 5 fully saturated rings. The molecule has 0 spiro atoms. The van der Waals surface area contributed by atoms with E-state index >= 15 is 0 Å². The summed E-state index contributed by atoms with van der Waals surface area (Å²) in [5, 5.41) is 36.4. The Morgan fingerprint density at radius 2 is 0.849 bits per heavy atom. The number of hydrogen-bond acceptors (Lipinski definition) is 34. The molecule has 720 valence electrons. The van der Waals surface area contributed by atoms with Gasteiger partial charge >= 0.3 is 79.7 Å². The van der Waals surface area contributed by atoms with E-state index < -0.39 is 38.4 Å². The van der Waals surface area contributed by atoms with Crippen molar-refractivity contribution < 1.29 is 94.1 Å². The Morgan fingerprint density at radius 3 is 1.27 bits per heavy atom. The van der Waals surface area contributed by atoms with Crippen LogP contribution in [-0.4, -0.2) is 156 Å². The van der Waals surface area contributed by atoms with Crippen LogP contribution in [0.2, 0.25) is 15.7 Å². The number of rotatable bonds is 19. The number of hydrogen-bond donors (Lipinski definition) is 3. The molecular formula is C95H98BBrCl3N19O17S2Zn. The van der Waals surface area contributed by atoms with E-state index in [2.05, 4.69) is 110 Å². The maximum atomic E-state index is 13.8. The second-order valence-corrected chi connectivity index (χ2v) is 38.8. The van der Waals surface area contributed by atoms with Gasteiger partial charge in [-0.1, -0.05) is 74.4 Å². The predicted molar refractivity (Wildman–Crippen MR) is 515 cm³/mol. The zero-order valence-corrected chi connectivity index (χ0v) is 87.0. The summed E-state index contributed by atoms with van der Waals surface area (Å²) >= 11 is 20.9. The molecule has 4 saturated carbocycles. The maximum absolute atomic E-state index is 13.8. The van der Waals surface area contributed by atoms with Gasteiger partial charge in [0, 0.05) is 133 Å². The van der Waals surface area contributed by atoms with E-state index in [1.807, 2.05) is 140 Å². The van der Waals surface area contributed by atoms with Crippen LogP contribution in [0, 0.1) is 41.0 Å². The Morgan fingerprint density at radius 1 is 0.460 bits per heavy atom. The first-order valence-electron chi connectivity index (χ1n) is 43.6. The minimum absolute atomic E-state index is 0.131. The second kappa shape index (κ2) is 49.3. The van der Waals surface area contributed by atoms with Gasteiger partial charge in [-0.25, -0.2) is 77.5 Å². The number of aromatic nitrogens is 16. The fourth-order valence-electron chi connectivity index (χ4n) is 13.7. The topological polar surface area (TPSA) is 489 Å². The number of nitrogens with zero attached hydrogens (tertiary/aromatic N) is 16. The van der Waals surface area contributed by atoms with Crippen molar-refractivity contribution in [3.05, 3.63) is 236 Å². The average Bonchev–Trinajstić information content (AvgIpc) is 1.58. The van der Waals surface area contributed by atoms with E-state index in [0.717, 1.165) is 87.1 Å². The number of anilines is 3. The number of benzene rings is 5. The first-order valence-corrected chi connectivity index (χ1v) is 54.6. The molecule has 6 aliphatic rings. The number of allylic oxidation sites excluding steroid dienone is 1. The number of nitrogens with one attached hydrogen (secondary N) is 3. The van der Waals surface area contributed by atoms with E-state index in [4.69, 9.17) is 111 Å². The molecule has 0 unspecified atom stereocenters. The number of aryl methyl sites for hydroxylation is 5. The molecule has 5 aliphatic carbocycles. The van der Waals surface area contributed by atoms with E-state index in [9.17, 15) is 16.8 Å². The van der Waals surface area contributed by atoms with Gasteiger partial charge in [-0.3, -0.25) is 0 Å². The molecule has 139 heavy (non-hydrogen) atoms. The Balaban J connectivity index is 0.000000182. The summed E-state index contributed by atoms with van der Waals surface area (Å²) in [6, 6.07) is 39.9. The summed E-state index contributed by atoms with van der Waals surface area (Å²) in [5.74, 6) is 4.18. The summed E-state index contributed by atoms with van der Waals surface area (Å²) in [6.07, 6.45) is 21.4. The zero-order valence-electron chi connectivity index (χ0n) is 78.5. The van der Waals surface area contributed by atoms with Crippen molar-refractivity contribution in [2.75, 3.05) is 16.0 Å². The van der Waals surface area contributed by atoms with Crippen LogP contribution in [0.15, 0.2) is 175 Å². The van der Waals surface area contributed by atoms with Crippen LogP contribution in [0.4, 0.5) is 18.0 Å². The van der Waals surface area contributed by atoms with Crippen molar-refractivity contribution in [2.24, 2.45) is 0 Å². The molecule has 1 aliphatic heterocycles. The van der Waals surface area contributed by atoms with Crippen LogP contribution in [0.3, 0.4) is 0 Å². The molecule has 14 aromatic rings. The summed E-state index contributed by atoms with van der Waals surface area (Å²) in [6.45, 7) is 29.4. The van der Waals surface area contributed by atoms with Gasteiger partial charge in [0.25, 0.3) is 20.0 Å². The number of halogens is 4. The first-order chi connectivity index (χ1) is 66.2. The minimum atomic E-state index is -3.89. The van der Waals surface area contributed by atoms with Crippen molar-refractivity contribution in [1.82, 2.24) is 78.4 Å². The van der Waals surface area contributed by atoms with Crippen LogP contribution in [0.1, 0.15) is 201 Å². The molecule has 44 heteroatoms. The van der Waals surface area contributed by atoms with E-state index in [-0.39, 0.29) is 57.8 Å². The van der Waals surface area contributed by atoms with Crippen molar-refractivity contribution >= 4 is 151 Å². The normalized spacial score (nSPS) is 14.2. The number of carbonyl (C=O) groups excluding carboxylic acids is 8. The van der Waals surface area contributed by atoms with Gasteiger partial charge in [0.05, 0.1) is 32.0 Å². The molecule has 20 rings (SSSR count). The molecule has 0 radical (unpaired) electrons. The Bertz CT molecular complexity index is 6910. The van der Waals surface area contributed by atoms with E-state index in [1.54, 1.807) is 98.2 Å². The Hall–Kier alpha value is -12.6. The van der Waals surface area contributed by atoms with Crippen LogP contribution < -0.4 is 21.4 Å². The molecule has 36 nitrogen and oxygen atoms in total. The van der Waals surface area contributed by atoms with Gasteiger partial charge in [0.2, 0.25) is 28.2 Å². The van der Waals surface area contributed by atoms with Crippen molar-refractivity contribution in [1.29, 1.82) is 0 Å². The van der Waals surface area contributed by atoms with Gasteiger partial charge in [-0.2, -0.15) is 38.4 Å². The molecular weight excluding hydrogens is 2010 g/mol. The second-order valence-electron chi connectivity index (χ2n) is 34.1. The summed E-state index contributed by atoms with van der Waals surface area (Å²) < 4.78 is 87.6. The third kappa shape index (κ3) is 29.8. The van der Waals surface area contributed by atoms with Crippen molar-refractivity contribution in [3.8, 4) is 45.8 Å². The molecule has 10 heterocycles. The molecule has 5 aromatic carbocycles. The molecule has 0 atom stereocenters. The van der Waals surface area contributed by atoms with Crippen LogP contribution >= 0.6 is 48.4 Å². The third-order valence-electron chi connectivity index (χ3n) is 21.4. The zero-order chi connectivity index (χ0) is 101. The predicted octanol–water partition coefficient (Wildman–Crippen LogP) is 18.2. The standard InChI is InChI=1S/C28H28N6O3S.C26H31BN4O5S.C21H21N5O.C8H9ClN2.C5H4Cl2N2.C3H5.4CO2.BrH.Zn/c1-16(2)29-28-33-32-27(37-28)20-9-12-25-22(14-20)23(26-30-18(4)13-24(31-26)19-7-8-19)15-34(25)38(35,36)21-10-5-17(3)6-11-21;1-16(2)28-24-30-29-23(34-24)18-10-13-22-20(14-18)21(27-35-25(4,5)26(6,7)36-27)15-31(22)37(32,33)19-11-8-17(3)9-12-19;1-12(2)23-21-26-25-20(27-21)15-6-3-13-7-8-16(17(13)11-15)19-22-10-9-18(24-19)14-4-5-14;1-5-4-7(6-2-3-6)11-8(9)10-5;1-3-2-4(6)9-5(7)8-3;1-2-3-1;4*2-1-3;;/h5-6,9-16,19H,7-8H2,1-4H3,(H,29,33);8-16H,1-7H3,(H,28,30);3,6,8-12,14H,4-5,7H2,1-2H3,(H,23,26);4,6H,2-3H2,1H3;2H,1H3;1H,2-3H2;;;;;1H;/q;;;;;-1;;;;;;+2/p-1. The molecule has 1 saturated heterocycles. The molecule has 0 amide bonds. The third-order valence-corrected chi connectivity index (χ3v) is 25.3. The Labute approximate surface area is 834 Å². The fourth-order valence-corrected chi connectivity index (χ4v) is 17.2. The SMILES string of the molecule is CC(C)Nc1nnc(-c2ccc3c(c2)C(c2nccc(C4CC4)n2)=CC3)o1.Cc1cc(C2CC2)nc(Cl)n1.Cc1cc(Cl)nc(Cl)n1.Cc1ccc(S(=O)(=O)n2cc(-c3nc(C)cc(C4CC4)n3)c3cc(-c4nnc(NC(C)C)o4)ccc32)cc1.Cc1ccc(S(=O)(=O)n2cc(B3OC(C)(C)C(C)(C)O3)c3cc(-c4nnc(NC(C)C)o4)ccc32)cc1.O=C=O.O=C=O.O=C=O.O=C=O.[CH-]1CC1.[Zn+][Br]. The quantitative estimate of drug-likeness (QED) is 0.0293. The summed E-state index contributed by atoms with van der Waals surface area (Å²) in [5.41, 5.74) is 14.6. The van der Waals surface area contributed by atoms with Crippen molar-refractivity contribution in [2.45, 2.75) is 219 Å². The Kier molecular flexibility index (Phi) is 38.5. The number of fused-ring (bicyclic) bond motifs is 3. The molecule has 3 N–H and O–H groups in total. The molecule has 0 bridgehead atoms. The molecule has 9 aromatic heterocycles. The van der Waals surface area contributed by atoms with E-state index in [0.29, 0.717) is 114 Å². The fraction of sp³-hybridized carbons (Fsp3) is 0.337. The van der Waals surface area contributed by atoms with Crippen molar-refractivity contribution in [3.63, 3.8) is 0 Å². The van der Waals surface area contributed by atoms with Gasteiger partial charge < -0.3 is 44.9 Å². The van der Waals surface area contributed by atoms with E-state index in [1.165, 1.54) is 68.4 Å². The summed E-state index contributed by atoms with van der Waals surface area (Å²) in [4.78, 5) is 99.9. The van der Waals surface area contributed by atoms with Crippen LogP contribution in [0.5, 0.6) is 0 Å². The van der Waals surface area contributed by atoms with Gasteiger partial charge in [-0.05, 0) is 280 Å². The first kappa shape index (κ1) is 108. The van der Waals surface area contributed by atoms with Gasteiger partial charge in [0.15, 0.2) is 11.6 Å². The summed E-state index contributed by atoms with van der Waals surface area (Å²) in [7, 11) is -8.54. The monoisotopic (exact) mass is 2100 g/mol. The average molecular weight is 2100 g/mol. The van der Waals surface area contributed by atoms with Crippen LogP contribution in [-0.2, 0) is 90.5 Å². The van der Waals surface area contributed by atoms with Crippen LogP contribution in [0.25, 0.3) is 73.1 Å². The van der Waals surface area contributed by atoms with Gasteiger partial charge in [-0.15, -0.1) is 15.3 Å².